The monoisotopic (exact) mass is 234 g/mol. The maximum atomic E-state index is 12.2. The Morgan fingerprint density at radius 3 is 2.65 bits per heavy atom. The summed E-state index contributed by atoms with van der Waals surface area (Å²) in [5, 5.41) is 3.03. The first-order chi connectivity index (χ1) is 8.26. The van der Waals surface area contributed by atoms with E-state index in [-0.39, 0.29) is 5.91 Å². The average Bonchev–Trinajstić information content (AvgIpc) is 2.90. The van der Waals surface area contributed by atoms with Crippen LogP contribution in [0.25, 0.3) is 0 Å². The molecule has 0 saturated carbocycles. The lowest BCUT2D eigenvalue weighted by molar-refractivity contribution is 0.0792. The molecule has 1 aromatic rings. The number of hydrogen-bond acceptors (Lipinski definition) is 3. The summed E-state index contributed by atoms with van der Waals surface area (Å²) in [4.78, 5) is 14.1. The molecule has 0 unspecified atom stereocenters. The van der Waals surface area contributed by atoms with Gasteiger partial charge in [0.05, 0.1) is 12.8 Å². The number of amides is 1. The number of rotatable bonds is 3. The molecule has 1 N–H and O–H groups in total. The number of anilines is 1. The van der Waals surface area contributed by atoms with Crippen molar-refractivity contribution in [3.8, 4) is 5.75 Å². The second-order valence-electron chi connectivity index (χ2n) is 4.16. The zero-order valence-electron chi connectivity index (χ0n) is 10.3. The van der Waals surface area contributed by atoms with Gasteiger partial charge in [-0.3, -0.25) is 4.79 Å². The number of hydrogen-bond donors (Lipinski definition) is 1. The number of likely N-dealkylation sites (tertiary alicyclic amines) is 1. The topological polar surface area (TPSA) is 41.6 Å². The molecule has 4 nitrogen and oxygen atoms in total. The molecule has 1 aliphatic heterocycles. The van der Waals surface area contributed by atoms with Crippen molar-refractivity contribution >= 4 is 11.6 Å². The minimum atomic E-state index is 0.100. The van der Waals surface area contributed by atoms with E-state index in [0.717, 1.165) is 31.6 Å². The van der Waals surface area contributed by atoms with E-state index in [0.29, 0.717) is 11.3 Å². The molecule has 0 spiro atoms. The van der Waals surface area contributed by atoms with Gasteiger partial charge in [0.2, 0.25) is 0 Å². The molecule has 0 aliphatic carbocycles. The van der Waals surface area contributed by atoms with Crippen LogP contribution in [0.2, 0.25) is 0 Å². The van der Waals surface area contributed by atoms with Crippen LogP contribution in [-0.2, 0) is 0 Å². The number of carbonyl (C=O) groups is 1. The van der Waals surface area contributed by atoms with Crippen molar-refractivity contribution in [2.45, 2.75) is 12.8 Å². The minimum Gasteiger partial charge on any atom is -0.495 e. The molecule has 2 rings (SSSR count). The highest BCUT2D eigenvalue weighted by Gasteiger charge is 2.20. The van der Waals surface area contributed by atoms with Gasteiger partial charge >= 0.3 is 0 Å². The summed E-state index contributed by atoms with van der Waals surface area (Å²) in [6, 6.07) is 5.52. The Hall–Kier alpha value is -1.71. The van der Waals surface area contributed by atoms with E-state index in [1.807, 2.05) is 24.1 Å². The first-order valence-corrected chi connectivity index (χ1v) is 5.91. The standard InChI is InChI=1S/C13H18N2O2/c1-14-11-6-5-10(9-12(11)17-2)13(16)15-7-3-4-8-15/h5-6,9,14H,3-4,7-8H2,1-2H3. The van der Waals surface area contributed by atoms with Crippen molar-refractivity contribution in [1.82, 2.24) is 4.90 Å². The third-order valence-corrected chi connectivity index (χ3v) is 3.11. The smallest absolute Gasteiger partial charge is 0.253 e. The molecule has 1 fully saturated rings. The normalized spacial score (nSPS) is 14.8. The molecule has 17 heavy (non-hydrogen) atoms. The fourth-order valence-corrected chi connectivity index (χ4v) is 2.13. The Morgan fingerprint density at radius 1 is 1.35 bits per heavy atom. The van der Waals surface area contributed by atoms with E-state index in [2.05, 4.69) is 5.32 Å². The largest absolute Gasteiger partial charge is 0.495 e. The van der Waals surface area contributed by atoms with Crippen molar-refractivity contribution in [3.63, 3.8) is 0 Å². The van der Waals surface area contributed by atoms with Gasteiger partial charge in [0, 0.05) is 25.7 Å². The van der Waals surface area contributed by atoms with E-state index >= 15 is 0 Å². The van der Waals surface area contributed by atoms with Gasteiger partial charge in [0.15, 0.2) is 0 Å². The summed E-state index contributed by atoms with van der Waals surface area (Å²) in [5.41, 5.74) is 1.59. The van der Waals surface area contributed by atoms with Crippen LogP contribution in [-0.4, -0.2) is 38.1 Å². The Kier molecular flexibility index (Phi) is 3.52. The lowest BCUT2D eigenvalue weighted by Crippen LogP contribution is -2.27. The summed E-state index contributed by atoms with van der Waals surface area (Å²) in [6.45, 7) is 1.74. The molecule has 1 heterocycles. The average molecular weight is 234 g/mol. The molecule has 0 bridgehead atoms. The predicted octanol–water partition coefficient (Wildman–Crippen LogP) is 1.97. The van der Waals surface area contributed by atoms with Crippen LogP contribution in [0.5, 0.6) is 5.75 Å². The van der Waals surface area contributed by atoms with Gasteiger partial charge in [0.25, 0.3) is 5.91 Å². The van der Waals surface area contributed by atoms with Gasteiger partial charge in [-0.15, -0.1) is 0 Å². The van der Waals surface area contributed by atoms with Crippen LogP contribution in [0, 0.1) is 0 Å². The van der Waals surface area contributed by atoms with E-state index in [1.54, 1.807) is 13.2 Å². The Balaban J connectivity index is 2.23. The van der Waals surface area contributed by atoms with Gasteiger partial charge in [-0.1, -0.05) is 0 Å². The maximum absolute atomic E-state index is 12.2. The zero-order valence-corrected chi connectivity index (χ0v) is 10.3. The van der Waals surface area contributed by atoms with Gasteiger partial charge in [-0.25, -0.2) is 0 Å². The summed E-state index contributed by atoms with van der Waals surface area (Å²) in [7, 11) is 3.44. The Bertz CT molecular complexity index is 412. The fourth-order valence-electron chi connectivity index (χ4n) is 2.13. The van der Waals surface area contributed by atoms with Crippen molar-refractivity contribution in [2.24, 2.45) is 0 Å². The lowest BCUT2D eigenvalue weighted by Gasteiger charge is -2.16. The lowest BCUT2D eigenvalue weighted by atomic mass is 10.1. The van der Waals surface area contributed by atoms with Crippen LogP contribution in [0.4, 0.5) is 5.69 Å². The maximum Gasteiger partial charge on any atom is 0.253 e. The molecule has 0 radical (unpaired) electrons. The van der Waals surface area contributed by atoms with E-state index in [4.69, 9.17) is 4.74 Å². The second kappa shape index (κ2) is 5.08. The molecule has 1 amide bonds. The zero-order chi connectivity index (χ0) is 12.3. The molecular weight excluding hydrogens is 216 g/mol. The van der Waals surface area contributed by atoms with Crippen LogP contribution in [0.3, 0.4) is 0 Å². The highest BCUT2D eigenvalue weighted by atomic mass is 16.5. The Labute approximate surface area is 102 Å². The van der Waals surface area contributed by atoms with Crippen LogP contribution < -0.4 is 10.1 Å². The Morgan fingerprint density at radius 2 is 2.06 bits per heavy atom. The van der Waals surface area contributed by atoms with Crippen LogP contribution in [0.1, 0.15) is 23.2 Å². The third kappa shape index (κ3) is 2.35. The van der Waals surface area contributed by atoms with E-state index in [9.17, 15) is 4.79 Å². The van der Waals surface area contributed by atoms with Gasteiger partial charge in [-0.05, 0) is 31.0 Å². The van der Waals surface area contributed by atoms with Crippen molar-refractivity contribution in [1.29, 1.82) is 0 Å². The highest BCUT2D eigenvalue weighted by molar-refractivity contribution is 5.95. The summed E-state index contributed by atoms with van der Waals surface area (Å²) < 4.78 is 5.26. The van der Waals surface area contributed by atoms with Crippen molar-refractivity contribution in [2.75, 3.05) is 32.6 Å². The first kappa shape index (κ1) is 11.8. The molecule has 4 heteroatoms. The molecule has 1 aliphatic rings. The molecular formula is C13H18N2O2. The number of carbonyl (C=O) groups excluding carboxylic acids is 1. The van der Waals surface area contributed by atoms with Gasteiger partial charge in [-0.2, -0.15) is 0 Å². The minimum absolute atomic E-state index is 0.100. The summed E-state index contributed by atoms with van der Waals surface area (Å²) in [5.74, 6) is 0.806. The molecule has 0 aromatic heterocycles. The van der Waals surface area contributed by atoms with Crippen LogP contribution >= 0.6 is 0 Å². The molecule has 1 aromatic carbocycles. The second-order valence-corrected chi connectivity index (χ2v) is 4.16. The number of ether oxygens (including phenoxy) is 1. The SMILES string of the molecule is CNc1ccc(C(=O)N2CCCC2)cc1OC. The number of nitrogens with zero attached hydrogens (tertiary/aromatic N) is 1. The number of methoxy groups -OCH3 is 1. The predicted molar refractivity (Wildman–Crippen MR) is 67.7 cm³/mol. The van der Waals surface area contributed by atoms with Crippen molar-refractivity contribution < 1.29 is 9.53 Å². The first-order valence-electron chi connectivity index (χ1n) is 5.91. The molecule has 1 saturated heterocycles. The van der Waals surface area contributed by atoms with Crippen LogP contribution in [0.15, 0.2) is 18.2 Å². The van der Waals surface area contributed by atoms with E-state index in [1.165, 1.54) is 0 Å². The van der Waals surface area contributed by atoms with Crippen molar-refractivity contribution in [3.05, 3.63) is 23.8 Å². The molecule has 92 valence electrons. The third-order valence-electron chi connectivity index (χ3n) is 3.11. The van der Waals surface area contributed by atoms with E-state index < -0.39 is 0 Å². The van der Waals surface area contributed by atoms with Gasteiger partial charge in [0.1, 0.15) is 5.75 Å². The fraction of sp³-hybridized carbons (Fsp3) is 0.462. The summed E-state index contributed by atoms with van der Waals surface area (Å²) >= 11 is 0. The quantitative estimate of drug-likeness (QED) is 0.869. The van der Waals surface area contributed by atoms with Gasteiger partial charge < -0.3 is 15.0 Å². The highest BCUT2D eigenvalue weighted by Crippen LogP contribution is 2.26. The summed E-state index contributed by atoms with van der Waals surface area (Å²) in [6.07, 6.45) is 2.22. The molecule has 0 atom stereocenters. The number of nitrogens with one attached hydrogen (secondary N) is 1. The number of benzene rings is 1.